The van der Waals surface area contributed by atoms with Crippen LogP contribution >= 0.6 is 11.3 Å². The Morgan fingerprint density at radius 1 is 1.37 bits per heavy atom. The molecule has 0 radical (unpaired) electrons. The number of nitriles is 1. The molecule has 2 aromatic rings. The van der Waals surface area contributed by atoms with E-state index in [0.717, 1.165) is 12.2 Å². The first-order valence-corrected chi connectivity index (χ1v) is 6.98. The van der Waals surface area contributed by atoms with Crippen molar-refractivity contribution in [2.45, 2.75) is 19.3 Å². The molecule has 0 saturated carbocycles. The highest BCUT2D eigenvalue weighted by Gasteiger charge is 2.21. The zero-order valence-corrected chi connectivity index (χ0v) is 11.9. The van der Waals surface area contributed by atoms with Crippen molar-refractivity contribution in [3.8, 4) is 6.07 Å². The minimum Gasteiger partial charge on any atom is -0.398 e. The number of anilines is 2. The van der Waals surface area contributed by atoms with Crippen LogP contribution in [-0.4, -0.2) is 6.54 Å². The quantitative estimate of drug-likeness (QED) is 0.835. The molecule has 0 bridgehead atoms. The molecule has 2 rings (SSSR count). The maximum atomic E-state index is 8.97. The van der Waals surface area contributed by atoms with Gasteiger partial charge in [0.1, 0.15) is 6.07 Å². The molecule has 0 aliphatic rings. The van der Waals surface area contributed by atoms with E-state index in [1.807, 2.05) is 6.07 Å². The SMILES string of the molecule is CC(C)(CNc1ccc(N)c(C#N)c1)c1cccs1. The standard InChI is InChI=1S/C15H17N3S/c1-15(2,14-4-3-7-19-14)10-18-12-5-6-13(17)11(8-12)9-16/h3-8,18H,10,17H2,1-2H3. The van der Waals surface area contributed by atoms with Gasteiger partial charge in [0.25, 0.3) is 0 Å². The van der Waals surface area contributed by atoms with Crippen molar-refractivity contribution in [2.24, 2.45) is 0 Å². The van der Waals surface area contributed by atoms with E-state index < -0.39 is 0 Å². The first-order chi connectivity index (χ1) is 9.03. The Hall–Kier alpha value is -1.99. The summed E-state index contributed by atoms with van der Waals surface area (Å²) in [6.45, 7) is 5.21. The van der Waals surface area contributed by atoms with Crippen LogP contribution in [0, 0.1) is 11.3 Å². The molecule has 3 nitrogen and oxygen atoms in total. The van der Waals surface area contributed by atoms with Gasteiger partial charge in [0.15, 0.2) is 0 Å². The number of hydrogen-bond donors (Lipinski definition) is 2. The van der Waals surface area contributed by atoms with Crippen LogP contribution in [0.1, 0.15) is 24.3 Å². The van der Waals surface area contributed by atoms with E-state index in [0.29, 0.717) is 11.3 Å². The molecule has 0 amide bonds. The highest BCUT2D eigenvalue weighted by atomic mass is 32.1. The molecule has 0 atom stereocenters. The van der Waals surface area contributed by atoms with Gasteiger partial charge in [-0.2, -0.15) is 5.26 Å². The van der Waals surface area contributed by atoms with Gasteiger partial charge >= 0.3 is 0 Å². The summed E-state index contributed by atoms with van der Waals surface area (Å²) in [6.07, 6.45) is 0. The summed E-state index contributed by atoms with van der Waals surface area (Å²) in [5, 5.41) is 14.4. The van der Waals surface area contributed by atoms with Crippen LogP contribution in [0.2, 0.25) is 0 Å². The van der Waals surface area contributed by atoms with E-state index in [1.165, 1.54) is 4.88 Å². The third kappa shape index (κ3) is 3.07. The van der Waals surface area contributed by atoms with Gasteiger partial charge in [-0.05, 0) is 29.6 Å². The van der Waals surface area contributed by atoms with E-state index in [2.05, 4.69) is 42.7 Å². The molecule has 19 heavy (non-hydrogen) atoms. The van der Waals surface area contributed by atoms with E-state index in [-0.39, 0.29) is 5.41 Å². The van der Waals surface area contributed by atoms with Crippen LogP contribution in [0.25, 0.3) is 0 Å². The maximum absolute atomic E-state index is 8.97. The van der Waals surface area contributed by atoms with Gasteiger partial charge in [-0.1, -0.05) is 19.9 Å². The first kappa shape index (κ1) is 13.4. The van der Waals surface area contributed by atoms with Crippen LogP contribution in [0.3, 0.4) is 0 Å². The highest BCUT2D eigenvalue weighted by Crippen LogP contribution is 2.28. The van der Waals surface area contributed by atoms with E-state index in [4.69, 9.17) is 11.0 Å². The second-order valence-electron chi connectivity index (χ2n) is 5.13. The van der Waals surface area contributed by atoms with E-state index in [9.17, 15) is 0 Å². The van der Waals surface area contributed by atoms with Crippen molar-refractivity contribution in [2.75, 3.05) is 17.6 Å². The number of hydrogen-bond acceptors (Lipinski definition) is 4. The van der Waals surface area contributed by atoms with E-state index >= 15 is 0 Å². The lowest BCUT2D eigenvalue weighted by molar-refractivity contribution is 0.569. The average Bonchev–Trinajstić information content (AvgIpc) is 2.92. The number of nitrogen functional groups attached to an aromatic ring is 1. The zero-order valence-electron chi connectivity index (χ0n) is 11.1. The van der Waals surface area contributed by atoms with Crippen LogP contribution in [0.15, 0.2) is 35.7 Å². The van der Waals surface area contributed by atoms with Gasteiger partial charge in [0, 0.05) is 28.2 Å². The fourth-order valence-electron chi connectivity index (χ4n) is 1.84. The summed E-state index contributed by atoms with van der Waals surface area (Å²) in [7, 11) is 0. The molecule has 1 heterocycles. The Morgan fingerprint density at radius 2 is 2.16 bits per heavy atom. The summed E-state index contributed by atoms with van der Waals surface area (Å²) in [5.74, 6) is 0. The lowest BCUT2D eigenvalue weighted by Gasteiger charge is -2.24. The molecule has 3 N–H and O–H groups in total. The number of nitrogens with one attached hydrogen (secondary N) is 1. The molecular formula is C15H17N3S. The smallest absolute Gasteiger partial charge is 0.101 e. The van der Waals surface area contributed by atoms with Gasteiger partial charge in [-0.3, -0.25) is 0 Å². The van der Waals surface area contributed by atoms with Crippen molar-refractivity contribution < 1.29 is 0 Å². The Morgan fingerprint density at radius 3 is 2.79 bits per heavy atom. The summed E-state index contributed by atoms with van der Waals surface area (Å²) in [4.78, 5) is 1.34. The molecule has 0 fully saturated rings. The summed E-state index contributed by atoms with van der Waals surface area (Å²) in [6, 6.07) is 11.8. The largest absolute Gasteiger partial charge is 0.398 e. The molecule has 0 saturated heterocycles. The lowest BCUT2D eigenvalue weighted by atomic mass is 9.91. The first-order valence-electron chi connectivity index (χ1n) is 6.10. The van der Waals surface area contributed by atoms with Crippen LogP contribution in [0.4, 0.5) is 11.4 Å². The third-order valence-electron chi connectivity index (χ3n) is 3.10. The number of nitrogens with zero attached hydrogens (tertiary/aromatic N) is 1. The van der Waals surface area contributed by atoms with Crippen molar-refractivity contribution in [1.82, 2.24) is 0 Å². The van der Waals surface area contributed by atoms with Crippen LogP contribution < -0.4 is 11.1 Å². The summed E-state index contributed by atoms with van der Waals surface area (Å²) in [5.41, 5.74) is 7.73. The van der Waals surface area contributed by atoms with Crippen LogP contribution in [0.5, 0.6) is 0 Å². The monoisotopic (exact) mass is 271 g/mol. The fourth-order valence-corrected chi connectivity index (χ4v) is 2.69. The van der Waals surface area contributed by atoms with Crippen molar-refractivity contribution >= 4 is 22.7 Å². The molecule has 1 aromatic heterocycles. The molecule has 0 unspecified atom stereocenters. The number of nitrogens with two attached hydrogens (primary N) is 1. The predicted molar refractivity (Wildman–Crippen MR) is 81.4 cm³/mol. The highest BCUT2D eigenvalue weighted by molar-refractivity contribution is 7.10. The van der Waals surface area contributed by atoms with E-state index in [1.54, 1.807) is 23.5 Å². The Balaban J connectivity index is 2.09. The molecule has 4 heteroatoms. The fraction of sp³-hybridized carbons (Fsp3) is 0.267. The van der Waals surface area contributed by atoms with Gasteiger partial charge in [-0.25, -0.2) is 0 Å². The topological polar surface area (TPSA) is 61.8 Å². The predicted octanol–water partition coefficient (Wildman–Crippen LogP) is 3.59. The minimum absolute atomic E-state index is 0.0579. The Labute approximate surface area is 117 Å². The molecule has 0 aliphatic heterocycles. The lowest BCUT2D eigenvalue weighted by Crippen LogP contribution is -2.26. The number of thiophene rings is 1. The third-order valence-corrected chi connectivity index (χ3v) is 4.33. The van der Waals surface area contributed by atoms with Crippen molar-refractivity contribution in [3.63, 3.8) is 0 Å². The minimum atomic E-state index is 0.0579. The van der Waals surface area contributed by atoms with Crippen molar-refractivity contribution in [3.05, 3.63) is 46.2 Å². The molecule has 1 aromatic carbocycles. The Bertz CT molecular complexity index is 594. The molecule has 0 aliphatic carbocycles. The van der Waals surface area contributed by atoms with Gasteiger partial charge in [0.05, 0.1) is 5.56 Å². The van der Waals surface area contributed by atoms with Gasteiger partial charge < -0.3 is 11.1 Å². The number of benzene rings is 1. The second kappa shape index (κ2) is 5.33. The molecular weight excluding hydrogens is 254 g/mol. The second-order valence-corrected chi connectivity index (χ2v) is 6.08. The molecule has 0 spiro atoms. The van der Waals surface area contributed by atoms with Gasteiger partial charge in [-0.15, -0.1) is 11.3 Å². The summed E-state index contributed by atoms with van der Waals surface area (Å²) < 4.78 is 0. The van der Waals surface area contributed by atoms with Gasteiger partial charge in [0.2, 0.25) is 0 Å². The van der Waals surface area contributed by atoms with Crippen molar-refractivity contribution in [1.29, 1.82) is 5.26 Å². The number of rotatable bonds is 4. The average molecular weight is 271 g/mol. The Kier molecular flexibility index (Phi) is 3.77. The maximum Gasteiger partial charge on any atom is 0.101 e. The van der Waals surface area contributed by atoms with Crippen LogP contribution in [-0.2, 0) is 5.41 Å². The summed E-state index contributed by atoms with van der Waals surface area (Å²) >= 11 is 1.76. The normalized spacial score (nSPS) is 11.0. The molecule has 98 valence electrons. The zero-order chi connectivity index (χ0) is 13.9.